The molecule has 3 rings (SSSR count). The highest BCUT2D eigenvalue weighted by atomic mass is 35.5. The molecule has 0 unspecified atom stereocenters. The van der Waals surface area contributed by atoms with Gasteiger partial charge in [-0.2, -0.15) is 0 Å². The maximum atomic E-state index is 11.8. The van der Waals surface area contributed by atoms with Gasteiger partial charge in [-0.15, -0.1) is 0 Å². The summed E-state index contributed by atoms with van der Waals surface area (Å²) >= 11 is 11.3. The van der Waals surface area contributed by atoms with Crippen LogP contribution >= 0.6 is 23.2 Å². The smallest absolute Gasteiger partial charge is 0.311 e. The van der Waals surface area contributed by atoms with E-state index in [4.69, 9.17) is 36.9 Å². The first-order valence-corrected chi connectivity index (χ1v) is 7.31. The molecule has 0 aliphatic carbocycles. The Balaban J connectivity index is 1.70. The number of aromatic nitrogens is 1. The molecule has 0 radical (unpaired) electrons. The third-order valence-corrected chi connectivity index (χ3v) is 3.48. The number of carbonyl (C=O) groups is 1. The van der Waals surface area contributed by atoms with Crippen LogP contribution < -0.4 is 10.2 Å². The predicted octanol–water partition coefficient (Wildman–Crippen LogP) is 3.63. The summed E-state index contributed by atoms with van der Waals surface area (Å²) in [5.41, 5.74) is -0.0558. The summed E-state index contributed by atoms with van der Waals surface area (Å²) in [4.78, 5) is 23.6. The van der Waals surface area contributed by atoms with Gasteiger partial charge in [0.1, 0.15) is 28.4 Å². The molecule has 8 heteroatoms. The topological polar surface area (TPSA) is 82.5 Å². The van der Waals surface area contributed by atoms with E-state index in [9.17, 15) is 9.59 Å². The number of aryl methyl sites for hydroxylation is 1. The highest BCUT2D eigenvalue weighted by Crippen LogP contribution is 2.21. The third-order valence-electron chi connectivity index (χ3n) is 3.04. The predicted molar refractivity (Wildman–Crippen MR) is 83.0 cm³/mol. The molecule has 0 fully saturated rings. The van der Waals surface area contributed by atoms with Crippen LogP contribution in [-0.2, 0) is 11.2 Å². The maximum Gasteiger partial charge on any atom is 0.311 e. The minimum atomic E-state index is -0.465. The number of esters is 1. The van der Waals surface area contributed by atoms with Crippen molar-refractivity contribution in [1.29, 1.82) is 0 Å². The van der Waals surface area contributed by atoms with E-state index in [0.717, 1.165) is 6.26 Å². The van der Waals surface area contributed by atoms with Crippen LogP contribution in [0.25, 0.3) is 11.0 Å². The summed E-state index contributed by atoms with van der Waals surface area (Å²) in [6.45, 7) is 0. The Morgan fingerprint density at radius 1 is 1.26 bits per heavy atom. The van der Waals surface area contributed by atoms with Crippen molar-refractivity contribution in [2.75, 3.05) is 0 Å². The molecule has 0 aliphatic rings. The first-order chi connectivity index (χ1) is 11.0. The lowest BCUT2D eigenvalue weighted by Crippen LogP contribution is -2.09. The van der Waals surface area contributed by atoms with Crippen LogP contribution in [0.15, 0.2) is 44.3 Å². The standard InChI is InChI=1S/C15H9Cl2NO5/c16-11-7-21-12-5-8(1-3-10(12)15(11)20)22-14(19)4-2-9-6-13(17)18-23-9/h1,3,5-7H,2,4H2. The maximum absolute atomic E-state index is 11.8. The number of hydrogen-bond donors (Lipinski definition) is 0. The Bertz CT molecular complexity index is 931. The van der Waals surface area contributed by atoms with Crippen molar-refractivity contribution in [2.24, 2.45) is 0 Å². The van der Waals surface area contributed by atoms with Gasteiger partial charge in [0.15, 0.2) is 5.15 Å². The SMILES string of the molecule is O=C(CCc1cc(Cl)no1)Oc1ccc2c(=O)c(Cl)coc2c1. The molecule has 0 atom stereocenters. The molecule has 23 heavy (non-hydrogen) atoms. The van der Waals surface area contributed by atoms with E-state index in [1.807, 2.05) is 0 Å². The molecule has 1 aromatic carbocycles. The molecule has 3 aromatic rings. The normalized spacial score (nSPS) is 10.9. The number of fused-ring (bicyclic) bond motifs is 1. The zero-order valence-corrected chi connectivity index (χ0v) is 13.1. The van der Waals surface area contributed by atoms with Crippen molar-refractivity contribution >= 4 is 40.1 Å². The molecule has 0 spiro atoms. The van der Waals surface area contributed by atoms with Gasteiger partial charge in [-0.1, -0.05) is 28.4 Å². The van der Waals surface area contributed by atoms with E-state index in [0.29, 0.717) is 17.6 Å². The Hall–Kier alpha value is -2.31. The molecule has 6 nitrogen and oxygen atoms in total. The molecular weight excluding hydrogens is 345 g/mol. The van der Waals surface area contributed by atoms with Crippen LogP contribution in [0.3, 0.4) is 0 Å². The van der Waals surface area contributed by atoms with Gasteiger partial charge >= 0.3 is 5.97 Å². The third kappa shape index (κ3) is 3.55. The van der Waals surface area contributed by atoms with Gasteiger partial charge in [-0.05, 0) is 12.1 Å². The quantitative estimate of drug-likeness (QED) is 0.526. The molecular formula is C15H9Cl2NO5. The number of halogens is 2. The summed E-state index contributed by atoms with van der Waals surface area (Å²) in [6.07, 6.45) is 1.55. The van der Waals surface area contributed by atoms with Gasteiger partial charge in [-0.3, -0.25) is 9.59 Å². The van der Waals surface area contributed by atoms with Crippen molar-refractivity contribution in [3.05, 3.63) is 56.7 Å². The lowest BCUT2D eigenvalue weighted by molar-refractivity contribution is -0.134. The highest BCUT2D eigenvalue weighted by Gasteiger charge is 2.11. The number of nitrogens with zero attached hydrogens (tertiary/aromatic N) is 1. The lowest BCUT2D eigenvalue weighted by atomic mass is 10.2. The fraction of sp³-hybridized carbons (Fsp3) is 0.133. The van der Waals surface area contributed by atoms with Crippen LogP contribution in [0.5, 0.6) is 5.75 Å². The summed E-state index contributed by atoms with van der Waals surface area (Å²) in [6, 6.07) is 5.98. The van der Waals surface area contributed by atoms with Crippen molar-refractivity contribution < 1.29 is 18.5 Å². The second-order valence-corrected chi connectivity index (χ2v) is 5.46. The number of ether oxygens (including phenoxy) is 1. The monoisotopic (exact) mass is 353 g/mol. The molecule has 118 valence electrons. The number of hydrogen-bond acceptors (Lipinski definition) is 6. The van der Waals surface area contributed by atoms with Crippen molar-refractivity contribution in [3.8, 4) is 5.75 Å². The summed E-state index contributed by atoms with van der Waals surface area (Å²) in [5.74, 6) is 0.294. The van der Waals surface area contributed by atoms with E-state index in [-0.39, 0.29) is 33.4 Å². The zero-order valence-electron chi connectivity index (χ0n) is 11.5. The van der Waals surface area contributed by atoms with Crippen molar-refractivity contribution in [1.82, 2.24) is 5.16 Å². The fourth-order valence-electron chi connectivity index (χ4n) is 1.96. The minimum absolute atomic E-state index is 0.00652. The van der Waals surface area contributed by atoms with Crippen LogP contribution in [0.1, 0.15) is 12.2 Å². The number of carbonyl (C=O) groups excluding carboxylic acids is 1. The second kappa shape index (κ2) is 6.44. The minimum Gasteiger partial charge on any atom is -0.462 e. The van der Waals surface area contributed by atoms with Gasteiger partial charge in [0.2, 0.25) is 5.43 Å². The Kier molecular flexibility index (Phi) is 4.36. The van der Waals surface area contributed by atoms with Crippen LogP contribution in [0.4, 0.5) is 0 Å². The molecule has 0 aliphatic heterocycles. The molecule has 2 aromatic heterocycles. The summed E-state index contributed by atoms with van der Waals surface area (Å²) < 4.78 is 15.3. The summed E-state index contributed by atoms with van der Waals surface area (Å²) in [5, 5.41) is 4.05. The van der Waals surface area contributed by atoms with Gasteiger partial charge < -0.3 is 13.7 Å². The van der Waals surface area contributed by atoms with E-state index >= 15 is 0 Å². The van der Waals surface area contributed by atoms with Gasteiger partial charge in [0, 0.05) is 18.6 Å². The van der Waals surface area contributed by atoms with Crippen LogP contribution in [0, 0.1) is 0 Å². The Morgan fingerprint density at radius 3 is 2.83 bits per heavy atom. The first-order valence-electron chi connectivity index (χ1n) is 6.56. The average Bonchev–Trinajstić information content (AvgIpc) is 2.95. The molecule has 0 amide bonds. The molecule has 0 bridgehead atoms. The Morgan fingerprint density at radius 2 is 2.09 bits per heavy atom. The van der Waals surface area contributed by atoms with Crippen LogP contribution in [0.2, 0.25) is 10.2 Å². The number of rotatable bonds is 4. The zero-order chi connectivity index (χ0) is 16.4. The number of benzene rings is 1. The Labute approximate surface area is 139 Å². The highest BCUT2D eigenvalue weighted by molar-refractivity contribution is 6.30. The van der Waals surface area contributed by atoms with E-state index in [2.05, 4.69) is 5.16 Å². The van der Waals surface area contributed by atoms with Crippen LogP contribution in [-0.4, -0.2) is 11.1 Å². The molecule has 0 N–H and O–H groups in total. The molecule has 0 saturated carbocycles. The van der Waals surface area contributed by atoms with E-state index in [1.54, 1.807) is 0 Å². The molecule has 0 saturated heterocycles. The fourth-order valence-corrected chi connectivity index (χ4v) is 2.26. The van der Waals surface area contributed by atoms with Crippen molar-refractivity contribution in [3.63, 3.8) is 0 Å². The second-order valence-electron chi connectivity index (χ2n) is 4.66. The molecule has 2 heterocycles. The van der Waals surface area contributed by atoms with E-state index < -0.39 is 5.97 Å². The van der Waals surface area contributed by atoms with Gasteiger partial charge in [0.05, 0.1) is 11.8 Å². The average molecular weight is 354 g/mol. The van der Waals surface area contributed by atoms with E-state index in [1.165, 1.54) is 24.3 Å². The first kappa shape index (κ1) is 15.6. The lowest BCUT2D eigenvalue weighted by Gasteiger charge is -2.04. The van der Waals surface area contributed by atoms with Gasteiger partial charge in [-0.25, -0.2) is 0 Å². The summed E-state index contributed by atoms with van der Waals surface area (Å²) in [7, 11) is 0. The largest absolute Gasteiger partial charge is 0.462 e. The van der Waals surface area contributed by atoms with Gasteiger partial charge in [0.25, 0.3) is 0 Å². The van der Waals surface area contributed by atoms with Crippen molar-refractivity contribution in [2.45, 2.75) is 12.8 Å².